The number of nitrogens with zero attached hydrogens (tertiary/aromatic N) is 2. The minimum atomic E-state index is -0.0877. The SMILES string of the molecule is CCN1C(=O)C(=Cc2ccccc2OCc2ccc(Cl)cc2Cl)SC1=Nc1ccc(OC)cc1. The van der Waals surface area contributed by atoms with Crippen molar-refractivity contribution in [2.45, 2.75) is 13.5 Å². The van der Waals surface area contributed by atoms with E-state index in [2.05, 4.69) is 4.99 Å². The van der Waals surface area contributed by atoms with Gasteiger partial charge in [-0.2, -0.15) is 0 Å². The number of carbonyl (C=O) groups excluding carboxylic acids is 1. The quantitative estimate of drug-likeness (QED) is 0.314. The number of ether oxygens (including phenoxy) is 2. The Morgan fingerprint density at radius 3 is 2.53 bits per heavy atom. The zero-order chi connectivity index (χ0) is 24.1. The van der Waals surface area contributed by atoms with E-state index in [1.54, 1.807) is 24.1 Å². The highest BCUT2D eigenvalue weighted by Gasteiger charge is 2.32. The summed E-state index contributed by atoms with van der Waals surface area (Å²) in [6.45, 7) is 2.73. The van der Waals surface area contributed by atoms with E-state index in [1.807, 2.05) is 67.6 Å². The molecule has 5 nitrogen and oxygen atoms in total. The number of para-hydroxylation sites is 1. The van der Waals surface area contributed by atoms with Crippen molar-refractivity contribution in [3.8, 4) is 11.5 Å². The number of amides is 1. The Bertz CT molecular complexity index is 1260. The average Bonchev–Trinajstić information content (AvgIpc) is 3.13. The zero-order valence-corrected chi connectivity index (χ0v) is 21.0. The average molecular weight is 513 g/mol. The Kier molecular flexibility index (Phi) is 7.83. The van der Waals surface area contributed by atoms with E-state index in [0.29, 0.717) is 32.4 Å². The number of carbonyl (C=O) groups is 1. The second kappa shape index (κ2) is 11.0. The molecule has 0 aromatic heterocycles. The van der Waals surface area contributed by atoms with Crippen LogP contribution in [-0.4, -0.2) is 29.6 Å². The summed E-state index contributed by atoms with van der Waals surface area (Å²) in [5.74, 6) is 1.32. The standard InChI is InChI=1S/C26H22Cl2N2O3S/c1-3-30-25(31)24(34-26(30)29-20-10-12-21(32-2)13-11-20)14-17-6-4-5-7-23(17)33-16-18-8-9-19(27)15-22(18)28/h4-15H,3,16H2,1-2H3. The van der Waals surface area contributed by atoms with Gasteiger partial charge in [-0.1, -0.05) is 47.5 Å². The zero-order valence-electron chi connectivity index (χ0n) is 18.6. The lowest BCUT2D eigenvalue weighted by molar-refractivity contribution is -0.122. The van der Waals surface area contributed by atoms with Crippen molar-refractivity contribution in [3.63, 3.8) is 0 Å². The monoisotopic (exact) mass is 512 g/mol. The van der Waals surface area contributed by atoms with Gasteiger partial charge in [0, 0.05) is 27.7 Å². The third kappa shape index (κ3) is 5.58. The first kappa shape index (κ1) is 24.2. The molecule has 0 bridgehead atoms. The molecular weight excluding hydrogens is 491 g/mol. The van der Waals surface area contributed by atoms with E-state index in [9.17, 15) is 4.79 Å². The van der Waals surface area contributed by atoms with Crippen molar-refractivity contribution in [1.29, 1.82) is 0 Å². The normalized spacial score (nSPS) is 15.9. The van der Waals surface area contributed by atoms with Gasteiger partial charge in [0.25, 0.3) is 5.91 Å². The molecule has 1 amide bonds. The first-order valence-electron chi connectivity index (χ1n) is 10.6. The largest absolute Gasteiger partial charge is 0.497 e. The van der Waals surface area contributed by atoms with E-state index >= 15 is 0 Å². The number of thioether (sulfide) groups is 1. The van der Waals surface area contributed by atoms with Gasteiger partial charge < -0.3 is 9.47 Å². The summed E-state index contributed by atoms with van der Waals surface area (Å²) in [6.07, 6.45) is 1.84. The van der Waals surface area contributed by atoms with Crippen LogP contribution in [0, 0.1) is 0 Å². The maximum atomic E-state index is 13.1. The van der Waals surface area contributed by atoms with Gasteiger partial charge in [0.15, 0.2) is 5.17 Å². The van der Waals surface area contributed by atoms with Gasteiger partial charge in [-0.25, -0.2) is 4.99 Å². The smallest absolute Gasteiger partial charge is 0.266 e. The predicted octanol–water partition coefficient (Wildman–Crippen LogP) is 7.20. The van der Waals surface area contributed by atoms with Crippen molar-refractivity contribution >= 4 is 57.8 Å². The van der Waals surface area contributed by atoms with Crippen LogP contribution >= 0.6 is 35.0 Å². The number of halogens is 2. The molecule has 1 aliphatic heterocycles. The van der Waals surface area contributed by atoms with Gasteiger partial charge in [0.05, 0.1) is 17.7 Å². The second-order valence-electron chi connectivity index (χ2n) is 7.31. The molecule has 3 aromatic rings. The van der Waals surface area contributed by atoms with Gasteiger partial charge in [0.2, 0.25) is 0 Å². The van der Waals surface area contributed by atoms with Crippen molar-refractivity contribution in [3.05, 3.63) is 92.8 Å². The first-order valence-corrected chi connectivity index (χ1v) is 12.2. The van der Waals surface area contributed by atoms with Gasteiger partial charge in [-0.3, -0.25) is 9.69 Å². The molecule has 4 rings (SSSR count). The molecular formula is C26H22Cl2N2O3S. The van der Waals surface area contributed by atoms with E-state index in [4.69, 9.17) is 32.7 Å². The Labute approximate surface area is 213 Å². The molecule has 0 saturated carbocycles. The third-order valence-electron chi connectivity index (χ3n) is 5.11. The second-order valence-corrected chi connectivity index (χ2v) is 9.17. The summed E-state index contributed by atoms with van der Waals surface area (Å²) in [5, 5.41) is 1.75. The number of amidine groups is 1. The first-order chi connectivity index (χ1) is 16.5. The van der Waals surface area contributed by atoms with E-state index in [-0.39, 0.29) is 12.5 Å². The van der Waals surface area contributed by atoms with Crippen LogP contribution in [-0.2, 0) is 11.4 Å². The molecule has 174 valence electrons. The van der Waals surface area contributed by atoms with Gasteiger partial charge >= 0.3 is 0 Å². The number of hydrogen-bond acceptors (Lipinski definition) is 5. The maximum absolute atomic E-state index is 13.1. The molecule has 1 saturated heterocycles. The highest BCUT2D eigenvalue weighted by Crippen LogP contribution is 2.36. The summed E-state index contributed by atoms with van der Waals surface area (Å²) < 4.78 is 11.2. The predicted molar refractivity (Wildman–Crippen MR) is 140 cm³/mol. The Morgan fingerprint density at radius 1 is 1.06 bits per heavy atom. The molecule has 0 aliphatic carbocycles. The number of rotatable bonds is 7. The van der Waals surface area contributed by atoms with Crippen LogP contribution in [0.5, 0.6) is 11.5 Å². The van der Waals surface area contributed by atoms with Crippen molar-refractivity contribution < 1.29 is 14.3 Å². The molecule has 1 aliphatic rings. The fraction of sp³-hybridized carbons (Fsp3) is 0.154. The van der Waals surface area contributed by atoms with Crippen LogP contribution in [0.3, 0.4) is 0 Å². The van der Waals surface area contributed by atoms with Crippen molar-refractivity contribution in [2.24, 2.45) is 4.99 Å². The molecule has 1 heterocycles. The molecule has 0 N–H and O–H groups in total. The van der Waals surface area contributed by atoms with Crippen molar-refractivity contribution in [1.82, 2.24) is 4.90 Å². The van der Waals surface area contributed by atoms with E-state index < -0.39 is 0 Å². The Morgan fingerprint density at radius 2 is 1.82 bits per heavy atom. The molecule has 0 atom stereocenters. The fourth-order valence-electron chi connectivity index (χ4n) is 3.30. The van der Waals surface area contributed by atoms with Gasteiger partial charge in [-0.05, 0) is 67.2 Å². The van der Waals surface area contributed by atoms with Crippen LogP contribution in [0.1, 0.15) is 18.1 Å². The Balaban J connectivity index is 1.57. The van der Waals surface area contributed by atoms with Crippen LogP contribution in [0.4, 0.5) is 5.69 Å². The minimum absolute atomic E-state index is 0.0877. The molecule has 0 radical (unpaired) electrons. The number of benzene rings is 3. The lowest BCUT2D eigenvalue weighted by atomic mass is 10.1. The summed E-state index contributed by atoms with van der Waals surface area (Å²) in [6, 6.07) is 20.3. The van der Waals surface area contributed by atoms with Gasteiger partial charge in [-0.15, -0.1) is 0 Å². The molecule has 34 heavy (non-hydrogen) atoms. The molecule has 3 aromatic carbocycles. The highest BCUT2D eigenvalue weighted by atomic mass is 35.5. The van der Waals surface area contributed by atoms with E-state index in [1.165, 1.54) is 11.8 Å². The number of aliphatic imine (C=N–C) groups is 1. The third-order valence-corrected chi connectivity index (χ3v) is 6.70. The van der Waals surface area contributed by atoms with Crippen LogP contribution in [0.15, 0.2) is 76.6 Å². The lowest BCUT2D eigenvalue weighted by Gasteiger charge is -2.12. The van der Waals surface area contributed by atoms with E-state index in [0.717, 1.165) is 22.6 Å². The van der Waals surface area contributed by atoms with Crippen molar-refractivity contribution in [2.75, 3.05) is 13.7 Å². The maximum Gasteiger partial charge on any atom is 0.266 e. The fourth-order valence-corrected chi connectivity index (χ4v) is 4.82. The lowest BCUT2D eigenvalue weighted by Crippen LogP contribution is -2.28. The molecule has 8 heteroatoms. The summed E-state index contributed by atoms with van der Waals surface area (Å²) in [4.78, 5) is 20.0. The summed E-state index contributed by atoms with van der Waals surface area (Å²) in [7, 11) is 1.62. The number of methoxy groups -OCH3 is 1. The molecule has 0 spiro atoms. The van der Waals surface area contributed by atoms with Crippen LogP contribution in [0.2, 0.25) is 10.0 Å². The summed E-state index contributed by atoms with van der Waals surface area (Å²) >= 11 is 13.6. The van der Waals surface area contributed by atoms with Crippen LogP contribution < -0.4 is 9.47 Å². The molecule has 1 fully saturated rings. The summed E-state index contributed by atoms with van der Waals surface area (Å²) in [5.41, 5.74) is 2.37. The molecule has 0 unspecified atom stereocenters. The van der Waals surface area contributed by atoms with Gasteiger partial charge in [0.1, 0.15) is 18.1 Å². The number of hydrogen-bond donors (Lipinski definition) is 0. The Hall–Kier alpha value is -2.93. The highest BCUT2D eigenvalue weighted by molar-refractivity contribution is 8.18. The topological polar surface area (TPSA) is 51.1 Å². The minimum Gasteiger partial charge on any atom is -0.497 e. The van der Waals surface area contributed by atoms with Crippen LogP contribution in [0.25, 0.3) is 6.08 Å². The number of likely N-dealkylation sites (N-methyl/N-ethyl adjacent to an activating group) is 1.